The molecular weight excluding hydrogens is 260 g/mol. The first-order chi connectivity index (χ1) is 8.68. The van der Waals surface area contributed by atoms with Crippen LogP contribution in [0.15, 0.2) is 0 Å². The number of piperidine rings is 1. The van der Waals surface area contributed by atoms with Gasteiger partial charge in [0.15, 0.2) is 0 Å². The van der Waals surface area contributed by atoms with E-state index in [9.17, 15) is 4.79 Å². The summed E-state index contributed by atoms with van der Waals surface area (Å²) in [5.74, 6) is 0.932. The maximum absolute atomic E-state index is 12.0. The third kappa shape index (κ3) is 5.70. The van der Waals surface area contributed by atoms with Crippen LogP contribution in [0, 0.1) is 11.3 Å². The number of rotatable bonds is 4. The Kier molecular flexibility index (Phi) is 7.16. The summed E-state index contributed by atoms with van der Waals surface area (Å²) in [5.41, 5.74) is 0.313. The van der Waals surface area contributed by atoms with Gasteiger partial charge in [0.05, 0.1) is 0 Å². The zero-order chi connectivity index (χ0) is 12.8. The molecule has 0 bridgehead atoms. The van der Waals surface area contributed by atoms with Gasteiger partial charge >= 0.3 is 0 Å². The van der Waals surface area contributed by atoms with Crippen molar-refractivity contribution in [3.8, 4) is 0 Å². The highest BCUT2D eigenvalue weighted by Crippen LogP contribution is 2.28. The van der Waals surface area contributed by atoms with Crippen LogP contribution in [0.4, 0.5) is 0 Å². The van der Waals surface area contributed by atoms with E-state index in [0.29, 0.717) is 11.3 Å². The topological polar surface area (TPSA) is 41.1 Å². The van der Waals surface area contributed by atoms with Crippen molar-refractivity contribution in [1.82, 2.24) is 10.6 Å². The number of hydrogen-bond acceptors (Lipinski definition) is 2. The van der Waals surface area contributed by atoms with Crippen LogP contribution in [0.2, 0.25) is 0 Å². The summed E-state index contributed by atoms with van der Waals surface area (Å²) in [5, 5.41) is 6.55. The zero-order valence-corrected chi connectivity index (χ0v) is 13.0. The molecule has 3 nitrogen and oxygen atoms in total. The molecule has 0 spiro atoms. The Bertz CT molecular complexity index is 271. The van der Waals surface area contributed by atoms with Gasteiger partial charge in [0, 0.05) is 13.0 Å². The minimum absolute atomic E-state index is 0. The second kappa shape index (κ2) is 8.11. The van der Waals surface area contributed by atoms with Gasteiger partial charge in [0.1, 0.15) is 0 Å². The van der Waals surface area contributed by atoms with Crippen molar-refractivity contribution in [1.29, 1.82) is 0 Å². The van der Waals surface area contributed by atoms with Gasteiger partial charge in [-0.3, -0.25) is 4.79 Å². The largest absolute Gasteiger partial charge is 0.356 e. The molecule has 0 aromatic carbocycles. The monoisotopic (exact) mass is 288 g/mol. The lowest BCUT2D eigenvalue weighted by Gasteiger charge is -2.34. The lowest BCUT2D eigenvalue weighted by atomic mass is 9.81. The van der Waals surface area contributed by atoms with E-state index in [1.807, 2.05) is 0 Å². The number of hydrogen-bond donors (Lipinski definition) is 2. The number of carbonyl (C=O) groups excluding carboxylic acids is 1. The molecule has 19 heavy (non-hydrogen) atoms. The summed E-state index contributed by atoms with van der Waals surface area (Å²) < 4.78 is 0. The standard InChI is InChI=1S/C15H28N2O.ClH/c1-15(7-9-16-10-8-15)12-17-14(18)11-13-5-3-2-4-6-13;/h13,16H,2-12H2,1H3,(H,17,18);1H. The summed E-state index contributed by atoms with van der Waals surface area (Å²) in [6, 6.07) is 0. The van der Waals surface area contributed by atoms with Crippen molar-refractivity contribution in [2.24, 2.45) is 11.3 Å². The van der Waals surface area contributed by atoms with Crippen molar-refractivity contribution in [2.75, 3.05) is 19.6 Å². The van der Waals surface area contributed by atoms with E-state index < -0.39 is 0 Å². The zero-order valence-electron chi connectivity index (χ0n) is 12.2. The lowest BCUT2D eigenvalue weighted by Crippen LogP contribution is -2.43. The quantitative estimate of drug-likeness (QED) is 0.835. The highest BCUT2D eigenvalue weighted by molar-refractivity contribution is 5.85. The van der Waals surface area contributed by atoms with E-state index in [2.05, 4.69) is 17.6 Å². The molecule has 0 aromatic heterocycles. The first-order valence-corrected chi connectivity index (χ1v) is 7.65. The molecule has 1 amide bonds. The lowest BCUT2D eigenvalue weighted by molar-refractivity contribution is -0.122. The second-order valence-electron chi connectivity index (χ2n) is 6.55. The maximum atomic E-state index is 12.0. The summed E-state index contributed by atoms with van der Waals surface area (Å²) in [7, 11) is 0. The number of amides is 1. The molecule has 4 heteroatoms. The van der Waals surface area contributed by atoms with Crippen molar-refractivity contribution in [3.05, 3.63) is 0 Å². The summed E-state index contributed by atoms with van der Waals surface area (Å²) in [4.78, 5) is 12.0. The molecule has 1 aliphatic carbocycles. The average Bonchev–Trinajstić information content (AvgIpc) is 2.39. The van der Waals surface area contributed by atoms with E-state index in [1.165, 1.54) is 44.9 Å². The minimum atomic E-state index is 0. The van der Waals surface area contributed by atoms with Crippen LogP contribution in [0.1, 0.15) is 58.3 Å². The Labute approximate surface area is 123 Å². The molecule has 0 radical (unpaired) electrons. The van der Waals surface area contributed by atoms with Crippen molar-refractivity contribution in [2.45, 2.75) is 58.3 Å². The first-order valence-electron chi connectivity index (χ1n) is 7.65. The molecule has 0 unspecified atom stereocenters. The van der Waals surface area contributed by atoms with E-state index in [-0.39, 0.29) is 18.3 Å². The second-order valence-corrected chi connectivity index (χ2v) is 6.55. The van der Waals surface area contributed by atoms with Crippen molar-refractivity contribution >= 4 is 18.3 Å². The number of carbonyl (C=O) groups is 1. The smallest absolute Gasteiger partial charge is 0.220 e. The van der Waals surface area contributed by atoms with Crippen LogP contribution in [0.5, 0.6) is 0 Å². The Morgan fingerprint density at radius 3 is 2.47 bits per heavy atom. The third-order valence-corrected chi connectivity index (χ3v) is 4.72. The van der Waals surface area contributed by atoms with Gasteiger partial charge < -0.3 is 10.6 Å². The van der Waals surface area contributed by atoms with Crippen LogP contribution in [0.25, 0.3) is 0 Å². The van der Waals surface area contributed by atoms with Crippen LogP contribution >= 0.6 is 12.4 Å². The molecule has 1 heterocycles. The highest BCUT2D eigenvalue weighted by atomic mass is 35.5. The van der Waals surface area contributed by atoms with Gasteiger partial charge in [-0.25, -0.2) is 0 Å². The Hall–Kier alpha value is -0.280. The van der Waals surface area contributed by atoms with Crippen LogP contribution in [0.3, 0.4) is 0 Å². The molecule has 0 atom stereocenters. The van der Waals surface area contributed by atoms with E-state index in [0.717, 1.165) is 26.1 Å². The highest BCUT2D eigenvalue weighted by Gasteiger charge is 2.27. The van der Waals surface area contributed by atoms with Gasteiger partial charge in [-0.2, -0.15) is 0 Å². The average molecular weight is 289 g/mol. The molecule has 2 rings (SSSR count). The van der Waals surface area contributed by atoms with Gasteiger partial charge in [0.25, 0.3) is 0 Å². The van der Waals surface area contributed by atoms with Crippen LogP contribution in [-0.4, -0.2) is 25.5 Å². The van der Waals surface area contributed by atoms with E-state index >= 15 is 0 Å². The Balaban J connectivity index is 0.00000180. The first kappa shape index (κ1) is 16.8. The van der Waals surface area contributed by atoms with Gasteiger partial charge in [-0.05, 0) is 50.1 Å². The summed E-state index contributed by atoms with van der Waals surface area (Å²) >= 11 is 0. The molecule has 1 saturated carbocycles. The van der Waals surface area contributed by atoms with Gasteiger partial charge in [-0.1, -0.05) is 26.2 Å². The molecule has 1 saturated heterocycles. The van der Waals surface area contributed by atoms with Crippen molar-refractivity contribution in [3.63, 3.8) is 0 Å². The number of nitrogens with one attached hydrogen (secondary N) is 2. The normalized spacial score (nSPS) is 23.4. The summed E-state index contributed by atoms with van der Waals surface area (Å²) in [6.45, 7) is 5.35. The van der Waals surface area contributed by atoms with E-state index in [1.54, 1.807) is 0 Å². The number of halogens is 1. The Morgan fingerprint density at radius 1 is 1.21 bits per heavy atom. The Morgan fingerprint density at radius 2 is 1.84 bits per heavy atom. The molecule has 112 valence electrons. The van der Waals surface area contributed by atoms with Crippen LogP contribution < -0.4 is 10.6 Å². The van der Waals surface area contributed by atoms with Crippen LogP contribution in [-0.2, 0) is 4.79 Å². The van der Waals surface area contributed by atoms with Gasteiger partial charge in [0.2, 0.25) is 5.91 Å². The molecule has 1 aliphatic heterocycles. The SMILES string of the molecule is CC1(CNC(=O)CC2CCCCC2)CCNCC1.Cl. The fourth-order valence-corrected chi connectivity index (χ4v) is 3.24. The predicted octanol–water partition coefficient (Wildman–Crippen LogP) is 2.88. The summed E-state index contributed by atoms with van der Waals surface area (Å²) in [6.07, 6.45) is 9.64. The molecular formula is C15H29ClN2O. The molecule has 2 fully saturated rings. The van der Waals surface area contributed by atoms with E-state index in [4.69, 9.17) is 0 Å². The fourth-order valence-electron chi connectivity index (χ4n) is 3.24. The van der Waals surface area contributed by atoms with Crippen molar-refractivity contribution < 1.29 is 4.79 Å². The minimum Gasteiger partial charge on any atom is -0.356 e. The predicted molar refractivity (Wildman–Crippen MR) is 81.7 cm³/mol. The third-order valence-electron chi connectivity index (χ3n) is 4.72. The molecule has 2 N–H and O–H groups in total. The fraction of sp³-hybridized carbons (Fsp3) is 0.933. The molecule has 0 aromatic rings. The maximum Gasteiger partial charge on any atom is 0.220 e. The van der Waals surface area contributed by atoms with Gasteiger partial charge in [-0.15, -0.1) is 12.4 Å². The molecule has 2 aliphatic rings.